The minimum Gasteiger partial charge on any atom is -0.480 e. The molecule has 25 heavy (non-hydrogen) atoms. The predicted molar refractivity (Wildman–Crippen MR) is 96.7 cm³/mol. The first-order valence-corrected chi connectivity index (χ1v) is 9.33. The number of carboxylic acid groups (broad SMARTS) is 1. The first kappa shape index (κ1) is 17.9. The molecule has 1 aliphatic heterocycles. The summed E-state index contributed by atoms with van der Waals surface area (Å²) in [7, 11) is 1.86. The van der Waals surface area contributed by atoms with Gasteiger partial charge >= 0.3 is 5.97 Å². The fraction of sp³-hybridized carbons (Fsp3) is 0.600. The second-order valence-electron chi connectivity index (χ2n) is 7.41. The Balaban J connectivity index is 1.55. The lowest BCUT2D eigenvalue weighted by Gasteiger charge is -2.25. The Morgan fingerprint density at radius 1 is 1.16 bits per heavy atom. The van der Waals surface area contributed by atoms with E-state index in [2.05, 4.69) is 18.2 Å². The number of likely N-dealkylation sites (tertiary alicyclic amines) is 1. The summed E-state index contributed by atoms with van der Waals surface area (Å²) in [6.45, 7) is 1.56. The predicted octanol–water partition coefficient (Wildman–Crippen LogP) is 2.12. The van der Waals surface area contributed by atoms with E-state index in [0.29, 0.717) is 6.42 Å². The van der Waals surface area contributed by atoms with E-state index in [0.717, 1.165) is 44.3 Å². The van der Waals surface area contributed by atoms with E-state index in [1.54, 1.807) is 0 Å². The second-order valence-corrected chi connectivity index (χ2v) is 7.41. The summed E-state index contributed by atoms with van der Waals surface area (Å²) < 4.78 is 0. The van der Waals surface area contributed by atoms with Crippen LogP contribution in [0.25, 0.3) is 0 Å². The van der Waals surface area contributed by atoms with Crippen molar-refractivity contribution >= 4 is 11.9 Å². The molecule has 1 N–H and O–H groups in total. The van der Waals surface area contributed by atoms with Crippen LogP contribution in [0.1, 0.15) is 42.4 Å². The Kier molecular flexibility index (Phi) is 5.74. The van der Waals surface area contributed by atoms with Crippen molar-refractivity contribution in [3.05, 3.63) is 34.9 Å². The van der Waals surface area contributed by atoms with Gasteiger partial charge in [-0.3, -0.25) is 14.5 Å². The van der Waals surface area contributed by atoms with Crippen molar-refractivity contribution in [1.29, 1.82) is 0 Å². The molecule has 0 unspecified atom stereocenters. The van der Waals surface area contributed by atoms with Crippen molar-refractivity contribution in [2.45, 2.75) is 51.0 Å². The highest BCUT2D eigenvalue weighted by molar-refractivity contribution is 5.79. The second kappa shape index (κ2) is 8.00. The van der Waals surface area contributed by atoms with Crippen LogP contribution in [-0.4, -0.2) is 59.5 Å². The van der Waals surface area contributed by atoms with Gasteiger partial charge in [0.05, 0.1) is 13.0 Å². The highest BCUT2D eigenvalue weighted by Crippen LogP contribution is 2.23. The summed E-state index contributed by atoms with van der Waals surface area (Å²) in [5, 5.41) is 8.95. The number of carbonyl (C=O) groups is 2. The summed E-state index contributed by atoms with van der Waals surface area (Å²) >= 11 is 0. The van der Waals surface area contributed by atoms with Crippen LogP contribution < -0.4 is 0 Å². The molecule has 0 bridgehead atoms. The Labute approximate surface area is 149 Å². The lowest BCUT2D eigenvalue weighted by Crippen LogP contribution is -2.37. The molecule has 0 aromatic heterocycles. The fourth-order valence-corrected chi connectivity index (χ4v) is 4.13. The van der Waals surface area contributed by atoms with E-state index in [9.17, 15) is 9.59 Å². The number of hydrogen-bond donors (Lipinski definition) is 1. The molecular formula is C20H28N2O3. The van der Waals surface area contributed by atoms with Crippen LogP contribution in [0.3, 0.4) is 0 Å². The number of carboxylic acids is 1. The number of aryl methyl sites for hydroxylation is 2. The topological polar surface area (TPSA) is 60.9 Å². The van der Waals surface area contributed by atoms with Gasteiger partial charge in [-0.25, -0.2) is 0 Å². The molecule has 3 rings (SSSR count). The van der Waals surface area contributed by atoms with Crippen LogP contribution in [0, 0.1) is 0 Å². The zero-order valence-corrected chi connectivity index (χ0v) is 15.0. The van der Waals surface area contributed by atoms with Gasteiger partial charge in [0.2, 0.25) is 5.91 Å². The quantitative estimate of drug-likeness (QED) is 0.889. The first-order valence-electron chi connectivity index (χ1n) is 9.33. The van der Waals surface area contributed by atoms with Crippen LogP contribution in [0.4, 0.5) is 0 Å². The molecular weight excluding hydrogens is 316 g/mol. The number of aliphatic carboxylic acids is 1. The maximum Gasteiger partial charge on any atom is 0.317 e. The normalized spacial score (nSPS) is 20.4. The third kappa shape index (κ3) is 4.60. The molecule has 5 heteroatoms. The monoisotopic (exact) mass is 344 g/mol. The zero-order chi connectivity index (χ0) is 17.8. The molecule has 0 saturated carbocycles. The maximum absolute atomic E-state index is 12.7. The first-order chi connectivity index (χ1) is 12.0. The minimum absolute atomic E-state index is 0.0632. The molecule has 136 valence electrons. The van der Waals surface area contributed by atoms with Crippen molar-refractivity contribution in [2.24, 2.45) is 0 Å². The highest BCUT2D eigenvalue weighted by Gasteiger charge is 2.24. The summed E-state index contributed by atoms with van der Waals surface area (Å²) in [5.41, 5.74) is 3.97. The van der Waals surface area contributed by atoms with Gasteiger partial charge < -0.3 is 10.0 Å². The van der Waals surface area contributed by atoms with E-state index in [1.165, 1.54) is 24.0 Å². The molecule has 1 fully saturated rings. The highest BCUT2D eigenvalue weighted by atomic mass is 16.4. The van der Waals surface area contributed by atoms with Gasteiger partial charge in [-0.15, -0.1) is 0 Å². The largest absolute Gasteiger partial charge is 0.480 e. The number of amides is 1. The van der Waals surface area contributed by atoms with E-state index in [4.69, 9.17) is 5.11 Å². The smallest absolute Gasteiger partial charge is 0.317 e. The van der Waals surface area contributed by atoms with E-state index in [-0.39, 0.29) is 18.5 Å². The van der Waals surface area contributed by atoms with Gasteiger partial charge in [0.25, 0.3) is 0 Å². The summed E-state index contributed by atoms with van der Waals surface area (Å²) in [5.74, 6) is -0.601. The number of carbonyl (C=O) groups excluding carboxylic acids is 1. The fourth-order valence-electron chi connectivity index (χ4n) is 4.13. The average molecular weight is 344 g/mol. The van der Waals surface area contributed by atoms with Crippen LogP contribution in [0.5, 0.6) is 0 Å². The van der Waals surface area contributed by atoms with Crippen molar-refractivity contribution in [3.63, 3.8) is 0 Å². The molecule has 0 spiro atoms. The number of benzene rings is 1. The van der Waals surface area contributed by atoms with Crippen molar-refractivity contribution in [2.75, 3.05) is 26.7 Å². The number of likely N-dealkylation sites (N-methyl/N-ethyl adjacent to an activating group) is 1. The van der Waals surface area contributed by atoms with Crippen molar-refractivity contribution in [3.8, 4) is 0 Å². The van der Waals surface area contributed by atoms with Crippen molar-refractivity contribution in [1.82, 2.24) is 9.80 Å². The van der Waals surface area contributed by atoms with E-state index < -0.39 is 5.97 Å². The third-order valence-corrected chi connectivity index (χ3v) is 5.58. The van der Waals surface area contributed by atoms with Gasteiger partial charge in [-0.1, -0.05) is 18.2 Å². The molecule has 5 nitrogen and oxygen atoms in total. The van der Waals surface area contributed by atoms with Crippen molar-refractivity contribution < 1.29 is 14.7 Å². The number of hydrogen-bond acceptors (Lipinski definition) is 3. The molecule has 1 aromatic carbocycles. The third-order valence-electron chi connectivity index (χ3n) is 5.58. The molecule has 1 saturated heterocycles. The van der Waals surface area contributed by atoms with Gasteiger partial charge in [-0.2, -0.15) is 0 Å². The van der Waals surface area contributed by atoms with Gasteiger partial charge in [0.1, 0.15) is 0 Å². The van der Waals surface area contributed by atoms with E-state index >= 15 is 0 Å². The number of rotatable bonds is 5. The molecule has 1 heterocycles. The van der Waals surface area contributed by atoms with Crippen LogP contribution in [0.2, 0.25) is 0 Å². The minimum atomic E-state index is -0.795. The molecule has 1 aliphatic carbocycles. The Hall–Kier alpha value is -1.88. The maximum atomic E-state index is 12.7. The molecule has 1 aromatic rings. The molecule has 1 amide bonds. The van der Waals surface area contributed by atoms with Crippen LogP contribution >= 0.6 is 0 Å². The summed E-state index contributed by atoms with van der Waals surface area (Å²) in [6, 6.07) is 6.74. The molecule has 1 atom stereocenters. The standard InChI is InChI=1S/C20H28N2O3/c1-21(14-20(24)25)18-6-3-10-22(11-9-18)19(23)13-15-7-8-16-4-2-5-17(16)12-15/h7-8,12,18H,2-6,9-11,13-14H2,1H3,(H,24,25)/t18-/m0/s1. The lowest BCUT2D eigenvalue weighted by atomic mass is 10.0. The number of nitrogens with zero attached hydrogens (tertiary/aromatic N) is 2. The van der Waals surface area contributed by atoms with Crippen LogP contribution in [-0.2, 0) is 28.9 Å². The zero-order valence-electron chi connectivity index (χ0n) is 15.0. The summed E-state index contributed by atoms with van der Waals surface area (Å²) in [4.78, 5) is 27.4. The average Bonchev–Trinajstić information content (AvgIpc) is 2.88. The molecule has 2 aliphatic rings. The van der Waals surface area contributed by atoms with Gasteiger partial charge in [0, 0.05) is 19.1 Å². The van der Waals surface area contributed by atoms with Gasteiger partial charge in [-0.05, 0) is 62.3 Å². The lowest BCUT2D eigenvalue weighted by molar-refractivity contribution is -0.138. The molecule has 0 radical (unpaired) electrons. The van der Waals surface area contributed by atoms with Crippen LogP contribution in [0.15, 0.2) is 18.2 Å². The van der Waals surface area contributed by atoms with Gasteiger partial charge in [0.15, 0.2) is 0 Å². The number of fused-ring (bicyclic) bond motifs is 1. The Bertz CT molecular complexity index is 644. The van der Waals surface area contributed by atoms with E-state index in [1.807, 2.05) is 16.8 Å². The SMILES string of the molecule is CN(CC(=O)O)[C@H]1CCCN(C(=O)Cc2ccc3c(c2)CCC3)CC1. The summed E-state index contributed by atoms with van der Waals surface area (Å²) in [6.07, 6.45) is 6.74. The Morgan fingerprint density at radius 2 is 1.96 bits per heavy atom. The Morgan fingerprint density at radius 3 is 2.76 bits per heavy atom.